The third-order valence-corrected chi connectivity index (χ3v) is 5.22. The number of aliphatic hydroxyl groups excluding tert-OH is 1. The molecule has 3 nitrogen and oxygen atoms in total. The van der Waals surface area contributed by atoms with Crippen molar-refractivity contribution in [1.82, 2.24) is 0 Å². The van der Waals surface area contributed by atoms with E-state index in [9.17, 15) is 5.11 Å². The lowest BCUT2D eigenvalue weighted by Crippen LogP contribution is -2.35. The van der Waals surface area contributed by atoms with E-state index in [1.165, 1.54) is 28.1 Å². The van der Waals surface area contributed by atoms with Crippen LogP contribution in [0.5, 0.6) is 0 Å². The van der Waals surface area contributed by atoms with Crippen molar-refractivity contribution in [2.45, 2.75) is 33.2 Å². The van der Waals surface area contributed by atoms with Crippen LogP contribution in [-0.4, -0.2) is 24.8 Å². The summed E-state index contributed by atoms with van der Waals surface area (Å²) in [6, 6.07) is 15.0. The van der Waals surface area contributed by atoms with Crippen LogP contribution in [0.2, 0.25) is 0 Å². The summed E-state index contributed by atoms with van der Waals surface area (Å²) < 4.78 is 0. The van der Waals surface area contributed by atoms with Crippen molar-refractivity contribution in [2.24, 2.45) is 5.92 Å². The van der Waals surface area contributed by atoms with Gasteiger partial charge in [-0.15, -0.1) is 0 Å². The molecule has 0 radical (unpaired) electrons. The first-order valence-corrected chi connectivity index (χ1v) is 8.93. The minimum atomic E-state index is 0.320. The van der Waals surface area contributed by atoms with E-state index in [1.54, 1.807) is 0 Å². The smallest absolute Gasteiger partial charge is 0.0602 e. The molecule has 0 amide bonds. The van der Waals surface area contributed by atoms with Crippen molar-refractivity contribution in [3.05, 3.63) is 59.2 Å². The van der Waals surface area contributed by atoms with Gasteiger partial charge < -0.3 is 15.3 Å². The van der Waals surface area contributed by atoms with Crippen LogP contribution < -0.4 is 10.2 Å². The molecule has 0 saturated carbocycles. The molecule has 0 aromatic heterocycles. The summed E-state index contributed by atoms with van der Waals surface area (Å²) in [5.41, 5.74) is 6.53. The number of hydrogen-bond donors (Lipinski definition) is 2. The monoisotopic (exact) mass is 324 g/mol. The Balaban J connectivity index is 1.73. The SMILES string of the molecule is Cc1cccc(C)c1CNc1ccccc1N1CCC(CO)CC1. The number of hydrogen-bond acceptors (Lipinski definition) is 3. The number of nitrogens with one attached hydrogen (secondary N) is 1. The Bertz CT molecular complexity index is 655. The van der Waals surface area contributed by atoms with Gasteiger partial charge in [-0.1, -0.05) is 30.3 Å². The van der Waals surface area contributed by atoms with Gasteiger partial charge in [0.2, 0.25) is 0 Å². The molecule has 128 valence electrons. The molecule has 2 N–H and O–H groups in total. The van der Waals surface area contributed by atoms with Crippen molar-refractivity contribution in [2.75, 3.05) is 29.9 Å². The standard InChI is InChI=1S/C21H28N2O/c1-16-6-5-7-17(2)19(16)14-22-20-8-3-4-9-21(20)23-12-10-18(15-24)11-13-23/h3-9,18,22,24H,10-15H2,1-2H3. The van der Waals surface area contributed by atoms with Crippen LogP contribution in [0, 0.1) is 19.8 Å². The molecule has 0 atom stereocenters. The van der Waals surface area contributed by atoms with Gasteiger partial charge in [-0.25, -0.2) is 0 Å². The number of benzene rings is 2. The van der Waals surface area contributed by atoms with Crippen LogP contribution in [0.3, 0.4) is 0 Å². The van der Waals surface area contributed by atoms with Crippen molar-refractivity contribution < 1.29 is 5.11 Å². The molecule has 2 aromatic rings. The quantitative estimate of drug-likeness (QED) is 0.868. The Morgan fingerprint density at radius 1 is 1.00 bits per heavy atom. The van der Waals surface area contributed by atoms with Crippen LogP contribution >= 0.6 is 0 Å². The number of rotatable bonds is 5. The van der Waals surface area contributed by atoms with Crippen LogP contribution in [-0.2, 0) is 6.54 Å². The molecule has 1 aliphatic heterocycles. The highest BCUT2D eigenvalue weighted by Crippen LogP contribution is 2.30. The summed E-state index contributed by atoms with van der Waals surface area (Å²) in [6.07, 6.45) is 2.14. The Labute approximate surface area is 145 Å². The maximum atomic E-state index is 9.33. The number of para-hydroxylation sites is 2. The highest BCUT2D eigenvalue weighted by molar-refractivity contribution is 5.70. The highest BCUT2D eigenvalue weighted by Gasteiger charge is 2.20. The van der Waals surface area contributed by atoms with E-state index in [2.05, 4.69) is 66.5 Å². The summed E-state index contributed by atoms with van der Waals surface area (Å²) in [5.74, 6) is 0.469. The molecule has 2 aromatic carbocycles. The summed E-state index contributed by atoms with van der Waals surface area (Å²) in [4.78, 5) is 2.44. The topological polar surface area (TPSA) is 35.5 Å². The van der Waals surface area contributed by atoms with Gasteiger partial charge in [0.15, 0.2) is 0 Å². The zero-order valence-corrected chi connectivity index (χ0v) is 14.8. The molecule has 3 rings (SSSR count). The largest absolute Gasteiger partial charge is 0.396 e. The molecule has 3 heteroatoms. The van der Waals surface area contributed by atoms with E-state index in [4.69, 9.17) is 0 Å². The van der Waals surface area contributed by atoms with Crippen LogP contribution in [0.4, 0.5) is 11.4 Å². The zero-order valence-electron chi connectivity index (χ0n) is 14.8. The second-order valence-electron chi connectivity index (χ2n) is 6.85. The first-order chi connectivity index (χ1) is 11.7. The molecule has 0 spiro atoms. The van der Waals surface area contributed by atoms with E-state index in [0.29, 0.717) is 12.5 Å². The molecule has 1 fully saturated rings. The lowest BCUT2D eigenvalue weighted by atomic mass is 9.97. The fourth-order valence-corrected chi connectivity index (χ4v) is 3.57. The first-order valence-electron chi connectivity index (χ1n) is 8.93. The van der Waals surface area contributed by atoms with Gasteiger partial charge in [0.1, 0.15) is 0 Å². The van der Waals surface area contributed by atoms with E-state index in [-0.39, 0.29) is 0 Å². The number of piperidine rings is 1. The normalized spacial score (nSPS) is 15.5. The maximum Gasteiger partial charge on any atom is 0.0602 e. The average Bonchev–Trinajstić information content (AvgIpc) is 2.62. The molecular formula is C21H28N2O. The minimum absolute atomic E-state index is 0.320. The number of aryl methyl sites for hydroxylation is 2. The number of aliphatic hydroxyl groups is 1. The molecule has 0 unspecified atom stereocenters. The average molecular weight is 324 g/mol. The van der Waals surface area contributed by atoms with Crippen molar-refractivity contribution in [1.29, 1.82) is 0 Å². The Morgan fingerprint density at radius 2 is 1.67 bits per heavy atom. The van der Waals surface area contributed by atoms with Gasteiger partial charge in [0.05, 0.1) is 11.4 Å². The Hall–Kier alpha value is -2.00. The van der Waals surface area contributed by atoms with E-state index in [1.807, 2.05) is 0 Å². The summed E-state index contributed by atoms with van der Waals surface area (Å²) in [5, 5.41) is 13.0. The summed E-state index contributed by atoms with van der Waals surface area (Å²) in [6.45, 7) is 7.56. The van der Waals surface area contributed by atoms with E-state index in [0.717, 1.165) is 32.5 Å². The third-order valence-electron chi connectivity index (χ3n) is 5.22. The van der Waals surface area contributed by atoms with Gasteiger partial charge in [-0.2, -0.15) is 0 Å². The van der Waals surface area contributed by atoms with Crippen molar-refractivity contribution in [3.8, 4) is 0 Å². The predicted octanol–water partition coefficient (Wildman–Crippen LogP) is 4.12. The number of anilines is 2. The molecule has 0 bridgehead atoms. The third kappa shape index (κ3) is 3.73. The second-order valence-corrected chi connectivity index (χ2v) is 6.85. The predicted molar refractivity (Wildman–Crippen MR) is 102 cm³/mol. The van der Waals surface area contributed by atoms with Gasteiger partial charge in [0, 0.05) is 26.2 Å². The van der Waals surface area contributed by atoms with E-state index < -0.39 is 0 Å². The van der Waals surface area contributed by atoms with Crippen molar-refractivity contribution >= 4 is 11.4 Å². The zero-order chi connectivity index (χ0) is 16.9. The first kappa shape index (κ1) is 16.8. The molecule has 0 aliphatic carbocycles. The fraction of sp³-hybridized carbons (Fsp3) is 0.429. The lowest BCUT2D eigenvalue weighted by molar-refractivity contribution is 0.203. The molecule has 1 saturated heterocycles. The van der Waals surface area contributed by atoms with Gasteiger partial charge in [0.25, 0.3) is 0 Å². The maximum absolute atomic E-state index is 9.33. The van der Waals surface area contributed by atoms with Gasteiger partial charge in [-0.05, 0) is 61.4 Å². The molecular weight excluding hydrogens is 296 g/mol. The molecule has 24 heavy (non-hydrogen) atoms. The molecule has 1 aliphatic rings. The van der Waals surface area contributed by atoms with Crippen LogP contribution in [0.1, 0.15) is 29.5 Å². The van der Waals surface area contributed by atoms with E-state index >= 15 is 0 Å². The van der Waals surface area contributed by atoms with Gasteiger partial charge >= 0.3 is 0 Å². The molecule has 1 heterocycles. The lowest BCUT2D eigenvalue weighted by Gasteiger charge is -2.34. The fourth-order valence-electron chi connectivity index (χ4n) is 3.57. The van der Waals surface area contributed by atoms with Gasteiger partial charge in [-0.3, -0.25) is 0 Å². The van der Waals surface area contributed by atoms with Crippen LogP contribution in [0.15, 0.2) is 42.5 Å². The van der Waals surface area contributed by atoms with Crippen LogP contribution in [0.25, 0.3) is 0 Å². The highest BCUT2D eigenvalue weighted by atomic mass is 16.3. The minimum Gasteiger partial charge on any atom is -0.396 e. The number of nitrogens with zero attached hydrogens (tertiary/aromatic N) is 1. The Morgan fingerprint density at radius 3 is 2.33 bits per heavy atom. The second kappa shape index (κ2) is 7.71. The van der Waals surface area contributed by atoms with Crippen molar-refractivity contribution in [3.63, 3.8) is 0 Å². The summed E-state index contributed by atoms with van der Waals surface area (Å²) in [7, 11) is 0. The summed E-state index contributed by atoms with van der Waals surface area (Å²) >= 11 is 0. The Kier molecular flexibility index (Phi) is 5.41.